The fourth-order valence-electron chi connectivity index (χ4n) is 3.19. The van der Waals surface area contributed by atoms with Crippen LogP contribution < -0.4 is 10.1 Å². The van der Waals surface area contributed by atoms with Crippen molar-refractivity contribution in [2.75, 3.05) is 25.6 Å². The van der Waals surface area contributed by atoms with Gasteiger partial charge in [0.05, 0.1) is 12.9 Å². The molecule has 4 N–H and O–H groups in total. The van der Waals surface area contributed by atoms with Gasteiger partial charge in [-0.3, -0.25) is 4.57 Å². The molecule has 0 amide bonds. The van der Waals surface area contributed by atoms with Gasteiger partial charge in [0.1, 0.15) is 30.7 Å². The quantitative estimate of drug-likeness (QED) is 0.425. The Morgan fingerprint density at radius 2 is 2.00 bits per heavy atom. The molecule has 1 aliphatic heterocycles. The van der Waals surface area contributed by atoms with Crippen molar-refractivity contribution in [3.63, 3.8) is 0 Å². The molecule has 0 spiro atoms. The van der Waals surface area contributed by atoms with E-state index in [2.05, 4.69) is 32.1 Å². The summed E-state index contributed by atoms with van der Waals surface area (Å²) in [4.78, 5) is 13.1. The molecule has 0 radical (unpaired) electrons. The van der Waals surface area contributed by atoms with Gasteiger partial charge in [-0.05, 0) is 18.1 Å². The Kier molecular flexibility index (Phi) is 5.78. The molecule has 156 valence electrons. The SMILES string of the molecule is CNc1nc(C#CCOc2ccccc2)nc2c1ncn2C1OC(CO)C(O)C1O. The minimum atomic E-state index is -1.25. The number of aromatic nitrogens is 4. The van der Waals surface area contributed by atoms with Crippen LogP contribution in [0.4, 0.5) is 5.82 Å². The van der Waals surface area contributed by atoms with Crippen LogP contribution in [0.15, 0.2) is 36.7 Å². The maximum Gasteiger partial charge on any atom is 0.209 e. The largest absolute Gasteiger partial charge is 0.481 e. The second-order valence-electron chi connectivity index (χ2n) is 6.60. The van der Waals surface area contributed by atoms with Crippen molar-refractivity contribution in [3.05, 3.63) is 42.5 Å². The fraction of sp³-hybridized carbons (Fsp3) is 0.350. The summed E-state index contributed by atoms with van der Waals surface area (Å²) >= 11 is 0. The smallest absolute Gasteiger partial charge is 0.209 e. The lowest BCUT2D eigenvalue weighted by atomic mass is 10.1. The highest BCUT2D eigenvalue weighted by Gasteiger charge is 2.44. The molecule has 30 heavy (non-hydrogen) atoms. The lowest BCUT2D eigenvalue weighted by Gasteiger charge is -2.16. The Bertz CT molecular complexity index is 1080. The highest BCUT2D eigenvalue weighted by atomic mass is 16.6. The molecule has 10 nitrogen and oxygen atoms in total. The van der Waals surface area contributed by atoms with Crippen molar-refractivity contribution in [1.82, 2.24) is 19.5 Å². The van der Waals surface area contributed by atoms with Crippen molar-refractivity contribution < 1.29 is 24.8 Å². The third-order valence-electron chi connectivity index (χ3n) is 4.70. The van der Waals surface area contributed by atoms with Gasteiger partial charge in [0.2, 0.25) is 5.82 Å². The molecule has 1 saturated heterocycles. The summed E-state index contributed by atoms with van der Waals surface area (Å²) in [5.74, 6) is 7.13. The van der Waals surface area contributed by atoms with E-state index in [-0.39, 0.29) is 12.4 Å². The first-order chi connectivity index (χ1) is 14.6. The van der Waals surface area contributed by atoms with Crippen LogP contribution in [0.3, 0.4) is 0 Å². The van der Waals surface area contributed by atoms with E-state index in [1.54, 1.807) is 7.05 Å². The number of nitrogens with one attached hydrogen (secondary N) is 1. The van der Waals surface area contributed by atoms with E-state index in [0.717, 1.165) is 0 Å². The van der Waals surface area contributed by atoms with Crippen molar-refractivity contribution in [1.29, 1.82) is 0 Å². The van der Waals surface area contributed by atoms with Gasteiger partial charge >= 0.3 is 0 Å². The van der Waals surface area contributed by atoms with Crippen molar-refractivity contribution in [3.8, 4) is 17.6 Å². The molecule has 3 heterocycles. The Hall–Kier alpha value is -3.23. The van der Waals surface area contributed by atoms with Crippen LogP contribution in [-0.2, 0) is 4.74 Å². The Balaban J connectivity index is 1.62. The zero-order valence-corrected chi connectivity index (χ0v) is 16.1. The molecule has 1 fully saturated rings. The average Bonchev–Trinajstić information content (AvgIpc) is 3.32. The van der Waals surface area contributed by atoms with Crippen LogP contribution in [0.1, 0.15) is 12.1 Å². The number of benzene rings is 1. The molecular formula is C20H21N5O5. The molecule has 0 saturated carbocycles. The summed E-state index contributed by atoms with van der Waals surface area (Å²) in [7, 11) is 1.70. The van der Waals surface area contributed by atoms with Crippen LogP contribution in [0.5, 0.6) is 5.75 Å². The number of nitrogens with zero attached hydrogens (tertiary/aromatic N) is 4. The standard InChI is InChI=1S/C20H21N5O5/c1-21-18-15-19(25(11-22-15)20-17(28)16(27)13(10-26)30-20)24-14(23-18)8-5-9-29-12-6-3-2-4-7-12/h2-4,6-7,11,13,16-17,20,26-28H,9-10H2,1H3,(H,21,23,24). The van der Waals surface area contributed by atoms with Crippen molar-refractivity contribution >= 4 is 17.0 Å². The highest BCUT2D eigenvalue weighted by Crippen LogP contribution is 2.32. The monoisotopic (exact) mass is 411 g/mol. The lowest BCUT2D eigenvalue weighted by Crippen LogP contribution is -2.33. The van der Waals surface area contributed by atoms with Crippen molar-refractivity contribution in [2.24, 2.45) is 0 Å². The minimum Gasteiger partial charge on any atom is -0.481 e. The van der Waals surface area contributed by atoms with Gasteiger partial charge in [0, 0.05) is 7.05 Å². The number of ether oxygens (including phenoxy) is 2. The molecule has 4 rings (SSSR count). The summed E-state index contributed by atoms with van der Waals surface area (Å²) in [6, 6.07) is 9.32. The molecule has 1 aromatic carbocycles. The van der Waals surface area contributed by atoms with Gasteiger partial charge in [-0.25, -0.2) is 15.0 Å². The maximum absolute atomic E-state index is 10.3. The van der Waals surface area contributed by atoms with E-state index in [9.17, 15) is 15.3 Å². The zero-order valence-electron chi connectivity index (χ0n) is 16.1. The van der Waals surface area contributed by atoms with E-state index in [0.29, 0.717) is 22.7 Å². The number of fused-ring (bicyclic) bond motifs is 1. The number of aliphatic hydroxyl groups excluding tert-OH is 3. The summed E-state index contributed by atoms with van der Waals surface area (Å²) in [6.07, 6.45) is -2.89. The topological polar surface area (TPSA) is 135 Å². The first-order valence-electron chi connectivity index (χ1n) is 9.34. The zero-order chi connectivity index (χ0) is 21.1. The molecule has 0 aliphatic carbocycles. The minimum absolute atomic E-state index is 0.161. The summed E-state index contributed by atoms with van der Waals surface area (Å²) in [6.45, 7) is -0.259. The third-order valence-corrected chi connectivity index (χ3v) is 4.70. The van der Waals surface area contributed by atoms with Gasteiger partial charge in [0.25, 0.3) is 0 Å². The van der Waals surface area contributed by atoms with E-state index in [1.807, 2.05) is 30.3 Å². The molecular weight excluding hydrogens is 390 g/mol. The number of aliphatic hydroxyl groups is 3. The van der Waals surface area contributed by atoms with E-state index < -0.39 is 31.1 Å². The summed E-state index contributed by atoms with van der Waals surface area (Å²) in [5, 5.41) is 32.6. The van der Waals surface area contributed by atoms with Gasteiger partial charge in [-0.2, -0.15) is 0 Å². The normalized spacial score (nSPS) is 23.2. The van der Waals surface area contributed by atoms with Crippen LogP contribution in [0, 0.1) is 11.8 Å². The van der Waals surface area contributed by atoms with Gasteiger partial charge in [-0.15, -0.1) is 0 Å². The molecule has 2 aromatic heterocycles. The molecule has 4 unspecified atom stereocenters. The molecule has 1 aliphatic rings. The number of anilines is 1. The summed E-state index contributed by atoms with van der Waals surface area (Å²) in [5.41, 5.74) is 0.832. The second-order valence-corrected chi connectivity index (χ2v) is 6.60. The summed E-state index contributed by atoms with van der Waals surface area (Å²) < 4.78 is 12.6. The predicted octanol–water partition coefficient (Wildman–Crippen LogP) is -0.0900. The van der Waals surface area contributed by atoms with Crippen molar-refractivity contribution in [2.45, 2.75) is 24.5 Å². The average molecular weight is 411 g/mol. The van der Waals surface area contributed by atoms with Crippen LogP contribution in [0.2, 0.25) is 0 Å². The van der Waals surface area contributed by atoms with E-state index in [4.69, 9.17) is 9.47 Å². The van der Waals surface area contributed by atoms with E-state index >= 15 is 0 Å². The first-order valence-corrected chi connectivity index (χ1v) is 9.34. The lowest BCUT2D eigenvalue weighted by molar-refractivity contribution is -0.0511. The molecule has 0 bridgehead atoms. The number of para-hydroxylation sites is 1. The fourth-order valence-corrected chi connectivity index (χ4v) is 3.19. The van der Waals surface area contributed by atoms with Crippen LogP contribution in [-0.4, -0.2) is 73.4 Å². The highest BCUT2D eigenvalue weighted by molar-refractivity contribution is 5.83. The van der Waals surface area contributed by atoms with E-state index in [1.165, 1.54) is 10.9 Å². The predicted molar refractivity (Wildman–Crippen MR) is 107 cm³/mol. The molecule has 4 atom stereocenters. The van der Waals surface area contributed by atoms with Gasteiger partial charge in [-0.1, -0.05) is 24.1 Å². The second kappa shape index (κ2) is 8.64. The van der Waals surface area contributed by atoms with Crippen LogP contribution >= 0.6 is 0 Å². The number of imidazole rings is 1. The van der Waals surface area contributed by atoms with Gasteiger partial charge < -0.3 is 30.1 Å². The number of rotatable bonds is 5. The maximum atomic E-state index is 10.3. The Morgan fingerprint density at radius 3 is 2.70 bits per heavy atom. The molecule has 10 heteroatoms. The Labute approximate surface area is 172 Å². The number of hydrogen-bond donors (Lipinski definition) is 4. The molecule has 3 aromatic rings. The Morgan fingerprint density at radius 1 is 1.20 bits per heavy atom. The van der Waals surface area contributed by atoms with Crippen LogP contribution in [0.25, 0.3) is 11.2 Å². The number of hydrogen-bond acceptors (Lipinski definition) is 9. The van der Waals surface area contributed by atoms with Gasteiger partial charge in [0.15, 0.2) is 23.2 Å². The third kappa shape index (κ3) is 3.79. The first kappa shape index (κ1) is 20.1.